The molecule has 0 spiro atoms. The lowest BCUT2D eigenvalue weighted by molar-refractivity contribution is -0.121. The summed E-state index contributed by atoms with van der Waals surface area (Å²) in [5.74, 6) is 2.57. The van der Waals surface area contributed by atoms with Gasteiger partial charge in [-0.15, -0.1) is 0 Å². The van der Waals surface area contributed by atoms with E-state index in [0.717, 1.165) is 35.5 Å². The van der Waals surface area contributed by atoms with Crippen molar-refractivity contribution < 1.29 is 4.79 Å². The van der Waals surface area contributed by atoms with Crippen LogP contribution >= 0.6 is 0 Å². The van der Waals surface area contributed by atoms with Crippen LogP contribution in [-0.4, -0.2) is 44.3 Å². The molecule has 2 saturated heterocycles. The molecule has 1 N–H and O–H groups in total. The van der Waals surface area contributed by atoms with Gasteiger partial charge in [-0.2, -0.15) is 5.10 Å². The topological polar surface area (TPSA) is 75.9 Å². The lowest BCUT2D eigenvalue weighted by Crippen LogP contribution is -2.39. The van der Waals surface area contributed by atoms with Crippen LogP contribution in [0.25, 0.3) is 11.0 Å². The van der Waals surface area contributed by atoms with Gasteiger partial charge >= 0.3 is 0 Å². The number of aryl methyl sites for hydroxylation is 1. The minimum atomic E-state index is 0.157. The van der Waals surface area contributed by atoms with Gasteiger partial charge < -0.3 is 10.2 Å². The highest BCUT2D eigenvalue weighted by molar-refractivity contribution is 5.88. The zero-order valence-corrected chi connectivity index (χ0v) is 14.6. The van der Waals surface area contributed by atoms with E-state index in [0.29, 0.717) is 24.9 Å². The van der Waals surface area contributed by atoms with Crippen LogP contribution in [0.5, 0.6) is 0 Å². The molecule has 0 radical (unpaired) electrons. The second-order valence-electron chi connectivity index (χ2n) is 7.69. The summed E-state index contributed by atoms with van der Waals surface area (Å²) < 4.78 is 1.85. The first kappa shape index (κ1) is 15.1. The molecule has 7 nitrogen and oxygen atoms in total. The Morgan fingerprint density at radius 1 is 1.12 bits per heavy atom. The van der Waals surface area contributed by atoms with Gasteiger partial charge in [0.05, 0.1) is 11.6 Å². The molecule has 4 heterocycles. The largest absolute Gasteiger partial charge is 0.354 e. The summed E-state index contributed by atoms with van der Waals surface area (Å²) in [6.07, 6.45) is 9.48. The van der Waals surface area contributed by atoms with Gasteiger partial charge in [0, 0.05) is 38.0 Å². The van der Waals surface area contributed by atoms with E-state index >= 15 is 0 Å². The molecule has 0 aromatic carbocycles. The maximum atomic E-state index is 12.0. The Balaban J connectivity index is 1.65. The van der Waals surface area contributed by atoms with E-state index < -0.39 is 0 Å². The molecule has 0 unspecified atom stereocenters. The second-order valence-corrected chi connectivity index (χ2v) is 7.69. The Kier molecular flexibility index (Phi) is 3.43. The van der Waals surface area contributed by atoms with Crippen LogP contribution in [0.4, 0.5) is 5.82 Å². The standard InChI is InChI=1S/C18H24N6O/c1-23-17-14(10-20-23)18(22-16(21-17)11-4-2-3-5-11)24-12-6-7-13(24)9-19-15(25)8-12/h10-13H,2-9H2,1H3,(H,19,25)/t12-,13+/m0/s1. The lowest BCUT2D eigenvalue weighted by atomic mass is 10.1. The summed E-state index contributed by atoms with van der Waals surface area (Å²) in [5.41, 5.74) is 0.912. The molecule has 132 valence electrons. The van der Waals surface area contributed by atoms with Gasteiger partial charge in [0.25, 0.3) is 0 Å². The Morgan fingerprint density at radius 2 is 1.92 bits per heavy atom. The van der Waals surface area contributed by atoms with Crippen LogP contribution in [0.3, 0.4) is 0 Å². The molecule has 1 aliphatic carbocycles. The smallest absolute Gasteiger partial charge is 0.222 e. The highest BCUT2D eigenvalue weighted by atomic mass is 16.1. The van der Waals surface area contributed by atoms with Gasteiger partial charge in [0.15, 0.2) is 5.65 Å². The number of carbonyl (C=O) groups excluding carboxylic acids is 1. The number of carbonyl (C=O) groups is 1. The summed E-state index contributed by atoms with van der Waals surface area (Å²) in [6.45, 7) is 0.708. The SMILES string of the molecule is Cn1ncc2c(N3[C@@H]4CC[C@H]3CC(=O)NC4)nc(C3CCCC3)nc21. The van der Waals surface area contributed by atoms with E-state index in [1.165, 1.54) is 25.7 Å². The molecule has 2 aliphatic heterocycles. The monoisotopic (exact) mass is 340 g/mol. The van der Waals surface area contributed by atoms with Crippen LogP contribution in [0.2, 0.25) is 0 Å². The van der Waals surface area contributed by atoms with E-state index in [1.54, 1.807) is 0 Å². The summed E-state index contributed by atoms with van der Waals surface area (Å²) in [4.78, 5) is 24.3. The van der Waals surface area contributed by atoms with Crippen LogP contribution < -0.4 is 10.2 Å². The molecule has 1 amide bonds. The maximum absolute atomic E-state index is 12.0. The fraction of sp³-hybridized carbons (Fsp3) is 0.667. The van der Waals surface area contributed by atoms with Gasteiger partial charge in [0.1, 0.15) is 11.6 Å². The van der Waals surface area contributed by atoms with E-state index in [4.69, 9.17) is 9.97 Å². The maximum Gasteiger partial charge on any atom is 0.222 e. The average molecular weight is 340 g/mol. The third-order valence-electron chi connectivity index (χ3n) is 6.13. The van der Waals surface area contributed by atoms with Crippen molar-refractivity contribution >= 4 is 22.8 Å². The molecular formula is C18H24N6O. The van der Waals surface area contributed by atoms with Crippen LogP contribution in [-0.2, 0) is 11.8 Å². The Labute approximate surface area is 146 Å². The van der Waals surface area contributed by atoms with Crippen molar-refractivity contribution in [3.63, 3.8) is 0 Å². The molecule has 2 aromatic heterocycles. The molecule has 3 fully saturated rings. The predicted molar refractivity (Wildman–Crippen MR) is 94.4 cm³/mol. The molecule has 1 saturated carbocycles. The number of nitrogens with zero attached hydrogens (tertiary/aromatic N) is 5. The zero-order chi connectivity index (χ0) is 17.0. The zero-order valence-electron chi connectivity index (χ0n) is 14.6. The molecule has 5 rings (SSSR count). The first-order chi connectivity index (χ1) is 12.2. The Hall–Kier alpha value is -2.18. The highest BCUT2D eigenvalue weighted by Gasteiger charge is 2.39. The van der Waals surface area contributed by atoms with Crippen molar-refractivity contribution in [2.75, 3.05) is 11.4 Å². The number of anilines is 1. The normalized spacial score (nSPS) is 27.1. The minimum absolute atomic E-state index is 0.157. The summed E-state index contributed by atoms with van der Waals surface area (Å²) in [7, 11) is 1.94. The first-order valence-corrected chi connectivity index (χ1v) is 9.45. The number of hydrogen-bond donors (Lipinski definition) is 1. The molecule has 25 heavy (non-hydrogen) atoms. The molecule has 3 aliphatic rings. The van der Waals surface area contributed by atoms with Crippen molar-refractivity contribution in [2.24, 2.45) is 7.05 Å². The van der Waals surface area contributed by atoms with Crippen LogP contribution in [0, 0.1) is 0 Å². The van der Waals surface area contributed by atoms with E-state index in [1.807, 2.05) is 17.9 Å². The minimum Gasteiger partial charge on any atom is -0.354 e. The van der Waals surface area contributed by atoms with Crippen molar-refractivity contribution in [1.82, 2.24) is 25.1 Å². The predicted octanol–water partition coefficient (Wildman–Crippen LogP) is 1.88. The summed E-state index contributed by atoms with van der Waals surface area (Å²) in [5, 5.41) is 8.50. The molecule has 2 bridgehead atoms. The van der Waals surface area contributed by atoms with E-state index in [-0.39, 0.29) is 11.9 Å². The quantitative estimate of drug-likeness (QED) is 0.903. The fourth-order valence-electron chi connectivity index (χ4n) is 4.81. The Bertz CT molecular complexity index is 824. The first-order valence-electron chi connectivity index (χ1n) is 9.45. The molecular weight excluding hydrogens is 316 g/mol. The van der Waals surface area contributed by atoms with Crippen molar-refractivity contribution in [2.45, 2.75) is 62.9 Å². The highest BCUT2D eigenvalue weighted by Crippen LogP contribution is 2.39. The number of fused-ring (bicyclic) bond motifs is 3. The summed E-state index contributed by atoms with van der Waals surface area (Å²) >= 11 is 0. The van der Waals surface area contributed by atoms with Gasteiger partial charge in [-0.25, -0.2) is 9.97 Å². The number of aromatic nitrogens is 4. The van der Waals surface area contributed by atoms with Crippen molar-refractivity contribution in [3.05, 3.63) is 12.0 Å². The third kappa shape index (κ3) is 2.40. The van der Waals surface area contributed by atoms with E-state index in [2.05, 4.69) is 15.3 Å². The number of rotatable bonds is 2. The average Bonchev–Trinajstić information content (AvgIpc) is 3.30. The number of nitrogens with one attached hydrogen (secondary N) is 1. The van der Waals surface area contributed by atoms with Crippen LogP contribution in [0.1, 0.15) is 56.7 Å². The van der Waals surface area contributed by atoms with Gasteiger partial charge in [0.2, 0.25) is 5.91 Å². The van der Waals surface area contributed by atoms with Gasteiger partial charge in [-0.05, 0) is 25.7 Å². The number of hydrogen-bond acceptors (Lipinski definition) is 5. The summed E-state index contributed by atoms with van der Waals surface area (Å²) in [6, 6.07) is 0.563. The van der Waals surface area contributed by atoms with Crippen molar-refractivity contribution in [3.8, 4) is 0 Å². The number of amides is 1. The second kappa shape index (κ2) is 5.68. The molecule has 2 atom stereocenters. The van der Waals surface area contributed by atoms with Gasteiger partial charge in [-0.3, -0.25) is 9.48 Å². The lowest BCUT2D eigenvalue weighted by Gasteiger charge is -2.29. The molecule has 2 aromatic rings. The van der Waals surface area contributed by atoms with Crippen molar-refractivity contribution in [1.29, 1.82) is 0 Å². The molecule has 7 heteroatoms. The third-order valence-corrected chi connectivity index (χ3v) is 6.13. The van der Waals surface area contributed by atoms with E-state index in [9.17, 15) is 4.79 Å². The van der Waals surface area contributed by atoms with Gasteiger partial charge in [-0.1, -0.05) is 12.8 Å². The van der Waals surface area contributed by atoms with Crippen LogP contribution in [0.15, 0.2) is 6.20 Å². The Morgan fingerprint density at radius 3 is 2.76 bits per heavy atom. The fourth-order valence-corrected chi connectivity index (χ4v) is 4.81.